The van der Waals surface area contributed by atoms with E-state index < -0.39 is 23.8 Å². The van der Waals surface area contributed by atoms with E-state index in [4.69, 9.17) is 0 Å². The molecule has 0 N–H and O–H groups in total. The standard InChI is InChI=1S/C7H16O4S2.ClH/c1-5-12(8,9)7(3,4)13(10,11)6-2;/h5-6H2,1-4H3;1H. The Labute approximate surface area is 92.3 Å². The first-order valence-electron chi connectivity index (χ1n) is 4.07. The molecule has 0 atom stereocenters. The molecule has 14 heavy (non-hydrogen) atoms. The maximum absolute atomic E-state index is 11.4. The fraction of sp³-hybridized carbons (Fsp3) is 1.00. The van der Waals surface area contributed by atoms with Gasteiger partial charge in [-0.3, -0.25) is 0 Å². The van der Waals surface area contributed by atoms with Crippen LogP contribution in [0.5, 0.6) is 0 Å². The summed E-state index contributed by atoms with van der Waals surface area (Å²) >= 11 is 0. The quantitative estimate of drug-likeness (QED) is 0.760. The van der Waals surface area contributed by atoms with Crippen LogP contribution >= 0.6 is 12.4 Å². The van der Waals surface area contributed by atoms with Gasteiger partial charge in [0.2, 0.25) is 0 Å². The van der Waals surface area contributed by atoms with Gasteiger partial charge in [0.15, 0.2) is 23.8 Å². The Morgan fingerprint density at radius 2 is 1.07 bits per heavy atom. The zero-order valence-electron chi connectivity index (χ0n) is 8.77. The minimum absolute atomic E-state index is 0. The van der Waals surface area contributed by atoms with Crippen LogP contribution in [0.4, 0.5) is 0 Å². The summed E-state index contributed by atoms with van der Waals surface area (Å²) < 4.78 is 44.1. The average Bonchev–Trinajstić information content (AvgIpc) is 2.03. The molecule has 0 saturated carbocycles. The Morgan fingerprint density at radius 3 is 1.21 bits per heavy atom. The van der Waals surface area contributed by atoms with Crippen molar-refractivity contribution in [3.63, 3.8) is 0 Å². The third kappa shape index (κ3) is 2.61. The summed E-state index contributed by atoms with van der Waals surface area (Å²) in [6.45, 7) is 5.37. The van der Waals surface area contributed by atoms with Crippen molar-refractivity contribution in [3.05, 3.63) is 0 Å². The summed E-state index contributed by atoms with van der Waals surface area (Å²) in [5.74, 6) is -0.307. The Bertz CT molecular complexity index is 330. The Kier molecular flexibility index (Phi) is 5.71. The molecule has 0 bridgehead atoms. The van der Waals surface area contributed by atoms with E-state index in [0.717, 1.165) is 0 Å². The third-order valence-corrected chi connectivity index (χ3v) is 8.30. The van der Waals surface area contributed by atoms with Gasteiger partial charge in [-0.15, -0.1) is 12.4 Å². The molecule has 0 aromatic carbocycles. The molecule has 7 heteroatoms. The number of halogens is 1. The van der Waals surface area contributed by atoms with Gasteiger partial charge < -0.3 is 0 Å². The van der Waals surface area contributed by atoms with E-state index in [9.17, 15) is 16.8 Å². The Hall–Kier alpha value is 0.190. The van der Waals surface area contributed by atoms with Crippen LogP contribution < -0.4 is 0 Å². The van der Waals surface area contributed by atoms with Gasteiger partial charge in [0.1, 0.15) is 0 Å². The summed E-state index contributed by atoms with van der Waals surface area (Å²) in [6.07, 6.45) is 0. The molecule has 88 valence electrons. The zero-order chi connectivity index (χ0) is 10.9. The highest BCUT2D eigenvalue weighted by molar-refractivity contribution is 8.10. The molecule has 0 amide bonds. The maximum atomic E-state index is 11.4. The molecule has 0 aliphatic carbocycles. The summed E-state index contributed by atoms with van der Waals surface area (Å²) in [4.78, 5) is 0. The van der Waals surface area contributed by atoms with Crippen LogP contribution in [0.15, 0.2) is 0 Å². The van der Waals surface area contributed by atoms with Gasteiger partial charge in [0, 0.05) is 11.5 Å². The first-order valence-corrected chi connectivity index (χ1v) is 7.37. The van der Waals surface area contributed by atoms with Gasteiger partial charge in [-0.2, -0.15) is 0 Å². The maximum Gasteiger partial charge on any atom is 0.169 e. The predicted octanol–water partition coefficient (Wildman–Crippen LogP) is 1.01. The molecule has 0 aromatic heterocycles. The van der Waals surface area contributed by atoms with Gasteiger partial charge in [-0.1, -0.05) is 13.8 Å². The topological polar surface area (TPSA) is 68.3 Å². The van der Waals surface area contributed by atoms with E-state index in [0.29, 0.717) is 0 Å². The fourth-order valence-electron chi connectivity index (χ4n) is 0.889. The molecule has 0 rings (SSSR count). The summed E-state index contributed by atoms with van der Waals surface area (Å²) in [7, 11) is -7.11. The van der Waals surface area contributed by atoms with Gasteiger partial charge >= 0.3 is 0 Å². The van der Waals surface area contributed by atoms with E-state index in [2.05, 4.69) is 0 Å². The molecule has 0 heterocycles. The molecule has 0 aliphatic rings. The molecule has 0 spiro atoms. The van der Waals surface area contributed by atoms with Crippen molar-refractivity contribution in [2.24, 2.45) is 0 Å². The normalized spacial score (nSPS) is 13.4. The highest BCUT2D eigenvalue weighted by Crippen LogP contribution is 2.24. The van der Waals surface area contributed by atoms with Crippen LogP contribution in [-0.2, 0) is 19.7 Å². The lowest BCUT2D eigenvalue weighted by atomic mass is 10.5. The van der Waals surface area contributed by atoms with Crippen molar-refractivity contribution < 1.29 is 16.8 Å². The van der Waals surface area contributed by atoms with Gasteiger partial charge in [-0.05, 0) is 13.8 Å². The van der Waals surface area contributed by atoms with Crippen LogP contribution in [0.2, 0.25) is 0 Å². The molecule has 0 radical (unpaired) electrons. The van der Waals surface area contributed by atoms with Crippen molar-refractivity contribution in [3.8, 4) is 0 Å². The van der Waals surface area contributed by atoms with Crippen molar-refractivity contribution in [1.82, 2.24) is 0 Å². The summed E-state index contributed by atoms with van der Waals surface area (Å²) in [5.41, 5.74) is 0. The van der Waals surface area contributed by atoms with Crippen molar-refractivity contribution in [1.29, 1.82) is 0 Å². The average molecular weight is 265 g/mol. The molecule has 4 nitrogen and oxygen atoms in total. The number of hydrogen-bond acceptors (Lipinski definition) is 4. The summed E-state index contributed by atoms with van der Waals surface area (Å²) in [5, 5.41) is 0. The Morgan fingerprint density at radius 1 is 0.857 bits per heavy atom. The fourth-order valence-corrected chi connectivity index (χ4v) is 4.53. The Balaban J connectivity index is 0. The van der Waals surface area contributed by atoms with Crippen molar-refractivity contribution >= 4 is 32.1 Å². The van der Waals surface area contributed by atoms with Crippen LogP contribution in [-0.4, -0.2) is 32.4 Å². The highest BCUT2D eigenvalue weighted by Gasteiger charge is 2.44. The monoisotopic (exact) mass is 264 g/mol. The van der Waals surface area contributed by atoms with Crippen LogP contribution in [0, 0.1) is 0 Å². The molecule has 0 aliphatic heterocycles. The lowest BCUT2D eigenvalue weighted by Crippen LogP contribution is -2.42. The number of sulfone groups is 2. The minimum atomic E-state index is -3.56. The van der Waals surface area contributed by atoms with E-state index >= 15 is 0 Å². The number of rotatable bonds is 4. The number of hydrogen-bond donors (Lipinski definition) is 0. The van der Waals surface area contributed by atoms with Gasteiger partial charge in [0.25, 0.3) is 0 Å². The lowest BCUT2D eigenvalue weighted by molar-refractivity contribution is 0.557. The van der Waals surface area contributed by atoms with Crippen molar-refractivity contribution in [2.45, 2.75) is 31.8 Å². The molecule has 0 unspecified atom stereocenters. The van der Waals surface area contributed by atoms with Gasteiger partial charge in [-0.25, -0.2) is 16.8 Å². The van der Waals surface area contributed by atoms with Crippen LogP contribution in [0.1, 0.15) is 27.7 Å². The van der Waals surface area contributed by atoms with Gasteiger partial charge in [0.05, 0.1) is 0 Å². The SMILES string of the molecule is CCS(=O)(=O)C(C)(C)S(=O)(=O)CC.Cl. The summed E-state index contributed by atoms with van der Waals surface area (Å²) in [6, 6.07) is 0. The molecular formula is C7H17ClO4S2. The molecule has 0 fully saturated rings. The van der Waals surface area contributed by atoms with E-state index in [1.165, 1.54) is 27.7 Å². The largest absolute Gasteiger partial charge is 0.227 e. The molecular weight excluding hydrogens is 248 g/mol. The molecule has 0 saturated heterocycles. The van der Waals surface area contributed by atoms with E-state index in [1.54, 1.807) is 0 Å². The third-order valence-electron chi connectivity index (χ3n) is 2.26. The van der Waals surface area contributed by atoms with E-state index in [-0.39, 0.29) is 23.9 Å². The van der Waals surface area contributed by atoms with E-state index in [1.807, 2.05) is 0 Å². The van der Waals surface area contributed by atoms with Crippen LogP contribution in [0.3, 0.4) is 0 Å². The minimum Gasteiger partial charge on any atom is -0.227 e. The highest BCUT2D eigenvalue weighted by atomic mass is 35.5. The first kappa shape index (κ1) is 16.6. The molecule has 0 aromatic rings. The second-order valence-electron chi connectivity index (χ2n) is 3.21. The smallest absolute Gasteiger partial charge is 0.169 e. The lowest BCUT2D eigenvalue weighted by Gasteiger charge is -2.23. The second kappa shape index (κ2) is 4.81. The predicted molar refractivity (Wildman–Crippen MR) is 60.2 cm³/mol. The van der Waals surface area contributed by atoms with Crippen LogP contribution in [0.25, 0.3) is 0 Å². The zero-order valence-corrected chi connectivity index (χ0v) is 11.2. The van der Waals surface area contributed by atoms with Crippen molar-refractivity contribution in [2.75, 3.05) is 11.5 Å². The first-order chi connectivity index (χ1) is 5.62. The second-order valence-corrected chi connectivity index (χ2v) is 9.12.